The standard InChI is InChI=1S/C27H34N8O2/c1-16(2)24-20-14-21(23(36)15-22(20)29-30-24)25-31-32-26(27(37)28-17(3)4)35(25)19-8-6-18(7-9-19)34-12-10-33(5)11-13-34/h6-9,14-17,36H,10-13H2,1-5H3,(H,28,37)(H,29,30). The highest BCUT2D eigenvalue weighted by Crippen LogP contribution is 2.36. The Hall–Kier alpha value is -3.92. The van der Waals surface area contributed by atoms with E-state index in [0.717, 1.165) is 48.6 Å². The molecule has 0 bridgehead atoms. The van der Waals surface area contributed by atoms with Gasteiger partial charge in [0.15, 0.2) is 5.82 Å². The van der Waals surface area contributed by atoms with Gasteiger partial charge in [0.05, 0.1) is 11.1 Å². The van der Waals surface area contributed by atoms with Crippen molar-refractivity contribution in [2.24, 2.45) is 0 Å². The van der Waals surface area contributed by atoms with E-state index in [1.54, 1.807) is 10.6 Å². The van der Waals surface area contributed by atoms with Crippen LogP contribution in [0.2, 0.25) is 0 Å². The molecule has 4 aromatic rings. The van der Waals surface area contributed by atoms with Crippen molar-refractivity contribution >= 4 is 22.5 Å². The Morgan fingerprint density at radius 3 is 2.32 bits per heavy atom. The number of H-pyrrole nitrogens is 1. The number of aromatic hydroxyl groups is 1. The van der Waals surface area contributed by atoms with Gasteiger partial charge in [0, 0.05) is 60.7 Å². The number of likely N-dealkylation sites (N-methyl/N-ethyl adjacent to an activating group) is 1. The second kappa shape index (κ2) is 9.85. The maximum absolute atomic E-state index is 13.1. The number of hydrogen-bond acceptors (Lipinski definition) is 7. The lowest BCUT2D eigenvalue weighted by Crippen LogP contribution is -2.44. The van der Waals surface area contributed by atoms with Crippen molar-refractivity contribution < 1.29 is 9.90 Å². The number of carbonyl (C=O) groups excluding carboxylic acids is 1. The fourth-order valence-corrected chi connectivity index (χ4v) is 4.74. The van der Waals surface area contributed by atoms with Crippen molar-refractivity contribution in [1.82, 2.24) is 35.2 Å². The van der Waals surface area contributed by atoms with Gasteiger partial charge in [0.2, 0.25) is 5.82 Å². The van der Waals surface area contributed by atoms with Gasteiger partial charge in [-0.05, 0) is 57.1 Å². The van der Waals surface area contributed by atoms with Crippen molar-refractivity contribution in [3.8, 4) is 22.8 Å². The molecule has 0 unspecified atom stereocenters. The second-order valence-corrected chi connectivity index (χ2v) is 10.3. The highest BCUT2D eigenvalue weighted by molar-refractivity contribution is 5.93. The van der Waals surface area contributed by atoms with Crippen LogP contribution in [0.25, 0.3) is 28.0 Å². The van der Waals surface area contributed by atoms with E-state index in [9.17, 15) is 9.90 Å². The summed E-state index contributed by atoms with van der Waals surface area (Å²) in [5.74, 6) is 0.453. The number of phenols is 1. The van der Waals surface area contributed by atoms with Gasteiger partial charge in [-0.15, -0.1) is 10.2 Å². The second-order valence-electron chi connectivity index (χ2n) is 10.3. The highest BCUT2D eigenvalue weighted by Gasteiger charge is 2.25. The first kappa shape index (κ1) is 24.8. The van der Waals surface area contributed by atoms with Crippen molar-refractivity contribution in [2.45, 2.75) is 39.7 Å². The van der Waals surface area contributed by atoms with E-state index in [4.69, 9.17) is 0 Å². The highest BCUT2D eigenvalue weighted by atomic mass is 16.3. The zero-order valence-electron chi connectivity index (χ0n) is 22.0. The number of rotatable bonds is 6. The first-order chi connectivity index (χ1) is 17.7. The molecule has 2 aromatic heterocycles. The van der Waals surface area contributed by atoms with Crippen LogP contribution in [0.3, 0.4) is 0 Å². The van der Waals surface area contributed by atoms with E-state index in [1.807, 2.05) is 32.0 Å². The predicted molar refractivity (Wildman–Crippen MR) is 145 cm³/mol. The summed E-state index contributed by atoms with van der Waals surface area (Å²) in [6.07, 6.45) is 0. The molecule has 3 N–H and O–H groups in total. The summed E-state index contributed by atoms with van der Waals surface area (Å²) in [7, 11) is 2.14. The minimum absolute atomic E-state index is 0.0211. The normalized spacial score (nSPS) is 14.7. The number of anilines is 1. The molecule has 0 saturated carbocycles. The Balaban J connectivity index is 1.61. The van der Waals surface area contributed by atoms with E-state index in [0.29, 0.717) is 16.9 Å². The maximum atomic E-state index is 13.1. The average molecular weight is 503 g/mol. The number of piperazine rings is 1. The summed E-state index contributed by atoms with van der Waals surface area (Å²) in [5.41, 5.74) is 3.99. The molecule has 3 heterocycles. The van der Waals surface area contributed by atoms with E-state index < -0.39 is 0 Å². The van der Waals surface area contributed by atoms with Gasteiger partial charge in [-0.2, -0.15) is 5.10 Å². The summed E-state index contributed by atoms with van der Waals surface area (Å²) in [5, 5.41) is 30.8. The van der Waals surface area contributed by atoms with Gasteiger partial charge in [0.1, 0.15) is 5.75 Å². The third kappa shape index (κ3) is 4.76. The first-order valence-corrected chi connectivity index (χ1v) is 12.7. The third-order valence-electron chi connectivity index (χ3n) is 6.78. The third-order valence-corrected chi connectivity index (χ3v) is 6.78. The Morgan fingerprint density at radius 2 is 1.68 bits per heavy atom. The van der Waals surface area contributed by atoms with E-state index in [1.165, 1.54) is 0 Å². The molecule has 1 saturated heterocycles. The monoisotopic (exact) mass is 502 g/mol. The van der Waals surface area contributed by atoms with Crippen LogP contribution in [0.5, 0.6) is 5.75 Å². The molecule has 10 heteroatoms. The average Bonchev–Trinajstić information content (AvgIpc) is 3.48. The number of fused-ring (bicyclic) bond motifs is 1. The Kier molecular flexibility index (Phi) is 6.59. The SMILES string of the molecule is CC(C)NC(=O)c1nnc(-c2cc3c(C(C)C)[nH]nc3cc2O)n1-c1ccc(N2CCN(C)CC2)cc1. The fourth-order valence-electron chi connectivity index (χ4n) is 4.74. The van der Waals surface area contributed by atoms with Gasteiger partial charge in [-0.1, -0.05) is 13.8 Å². The molecule has 1 fully saturated rings. The summed E-state index contributed by atoms with van der Waals surface area (Å²) < 4.78 is 1.71. The minimum atomic E-state index is -0.330. The van der Waals surface area contributed by atoms with Crippen molar-refractivity contribution in [3.63, 3.8) is 0 Å². The molecule has 0 radical (unpaired) electrons. The van der Waals surface area contributed by atoms with Crippen LogP contribution < -0.4 is 10.2 Å². The van der Waals surface area contributed by atoms with Gasteiger partial charge >= 0.3 is 0 Å². The Labute approximate surface area is 216 Å². The number of amides is 1. The number of benzene rings is 2. The maximum Gasteiger partial charge on any atom is 0.289 e. The lowest BCUT2D eigenvalue weighted by molar-refractivity contribution is 0.0930. The lowest BCUT2D eigenvalue weighted by atomic mass is 10.0. The largest absolute Gasteiger partial charge is 0.507 e. The molecular weight excluding hydrogens is 468 g/mol. The topological polar surface area (TPSA) is 115 Å². The summed E-state index contributed by atoms with van der Waals surface area (Å²) in [6.45, 7) is 11.9. The summed E-state index contributed by atoms with van der Waals surface area (Å²) in [6, 6.07) is 11.5. The van der Waals surface area contributed by atoms with E-state index >= 15 is 0 Å². The number of nitrogens with one attached hydrogen (secondary N) is 2. The Bertz CT molecular complexity index is 1410. The number of carbonyl (C=O) groups is 1. The molecule has 0 atom stereocenters. The fraction of sp³-hybridized carbons (Fsp3) is 0.407. The molecule has 0 aliphatic carbocycles. The zero-order valence-corrected chi connectivity index (χ0v) is 22.0. The zero-order chi connectivity index (χ0) is 26.3. The van der Waals surface area contributed by atoms with Gasteiger partial charge in [0.25, 0.3) is 5.91 Å². The van der Waals surface area contributed by atoms with Crippen LogP contribution in [-0.4, -0.2) is 80.1 Å². The molecule has 2 aromatic carbocycles. The molecule has 1 aliphatic rings. The van der Waals surface area contributed by atoms with Crippen LogP contribution in [0, 0.1) is 0 Å². The van der Waals surface area contributed by atoms with Crippen LogP contribution in [0.4, 0.5) is 5.69 Å². The molecule has 10 nitrogen and oxygen atoms in total. The number of nitrogens with zero attached hydrogens (tertiary/aromatic N) is 6. The molecule has 0 spiro atoms. The van der Waals surface area contributed by atoms with Crippen LogP contribution in [-0.2, 0) is 0 Å². The number of aromatic amines is 1. The summed E-state index contributed by atoms with van der Waals surface area (Å²) >= 11 is 0. The molecule has 37 heavy (non-hydrogen) atoms. The number of hydrogen-bond donors (Lipinski definition) is 3. The minimum Gasteiger partial charge on any atom is -0.507 e. The molecule has 5 rings (SSSR count). The quantitative estimate of drug-likeness (QED) is 0.369. The summed E-state index contributed by atoms with van der Waals surface area (Å²) in [4.78, 5) is 17.8. The predicted octanol–water partition coefficient (Wildman–Crippen LogP) is 3.53. The molecule has 194 valence electrons. The van der Waals surface area contributed by atoms with Gasteiger partial charge < -0.3 is 20.2 Å². The number of aromatic nitrogens is 5. The number of phenolic OH excluding ortho intramolecular Hbond substituents is 1. The molecule has 1 amide bonds. The van der Waals surface area contributed by atoms with Gasteiger partial charge in [-0.25, -0.2) is 0 Å². The smallest absolute Gasteiger partial charge is 0.289 e. The van der Waals surface area contributed by atoms with Crippen LogP contribution >= 0.6 is 0 Å². The van der Waals surface area contributed by atoms with Gasteiger partial charge in [-0.3, -0.25) is 14.5 Å². The van der Waals surface area contributed by atoms with E-state index in [2.05, 4.69) is 68.5 Å². The van der Waals surface area contributed by atoms with Crippen LogP contribution in [0.1, 0.15) is 49.9 Å². The van der Waals surface area contributed by atoms with Crippen LogP contribution in [0.15, 0.2) is 36.4 Å². The lowest BCUT2D eigenvalue weighted by Gasteiger charge is -2.34. The van der Waals surface area contributed by atoms with Crippen molar-refractivity contribution in [1.29, 1.82) is 0 Å². The van der Waals surface area contributed by atoms with E-state index in [-0.39, 0.29) is 29.4 Å². The molecular formula is C27H34N8O2. The van der Waals surface area contributed by atoms with Crippen molar-refractivity contribution in [3.05, 3.63) is 47.9 Å². The Morgan fingerprint density at radius 1 is 1.00 bits per heavy atom. The first-order valence-electron chi connectivity index (χ1n) is 12.7. The van der Waals surface area contributed by atoms with Crippen molar-refractivity contribution in [2.75, 3.05) is 38.1 Å². The molecule has 1 aliphatic heterocycles.